The van der Waals surface area contributed by atoms with Crippen LogP contribution in [0.15, 0.2) is 24.3 Å². The van der Waals surface area contributed by atoms with Crippen LogP contribution in [-0.4, -0.2) is 25.4 Å². The Morgan fingerprint density at radius 3 is 2.60 bits per heavy atom. The van der Waals surface area contributed by atoms with Gasteiger partial charge in [0.25, 0.3) is 0 Å². The van der Waals surface area contributed by atoms with E-state index < -0.39 is 0 Å². The predicted molar refractivity (Wildman–Crippen MR) is 84.1 cm³/mol. The second-order valence-corrected chi connectivity index (χ2v) is 6.07. The van der Waals surface area contributed by atoms with Gasteiger partial charge in [-0.2, -0.15) is 0 Å². The Morgan fingerprint density at radius 1 is 1.35 bits per heavy atom. The molecule has 1 aromatic rings. The summed E-state index contributed by atoms with van der Waals surface area (Å²) in [6.45, 7) is 6.76. The topological polar surface area (TPSA) is 44.5 Å². The van der Waals surface area contributed by atoms with Gasteiger partial charge in [0, 0.05) is 18.2 Å². The zero-order chi connectivity index (χ0) is 15.2. The number of hydrogen-bond donors (Lipinski definition) is 1. The van der Waals surface area contributed by atoms with Crippen LogP contribution in [-0.2, 0) is 9.47 Å². The average Bonchev–Trinajstić information content (AvgIpc) is 2.43. The van der Waals surface area contributed by atoms with E-state index in [0.29, 0.717) is 11.6 Å². The predicted octanol–water partition coefficient (Wildman–Crippen LogP) is 3.95. The van der Waals surface area contributed by atoms with E-state index >= 15 is 0 Å². The minimum atomic E-state index is -0.185. The molecule has 0 aromatic heterocycles. The lowest BCUT2D eigenvalue weighted by atomic mass is 10.0. The molecule has 0 heterocycles. The van der Waals surface area contributed by atoms with Gasteiger partial charge in [0.05, 0.1) is 18.3 Å². The third-order valence-corrected chi connectivity index (χ3v) is 3.83. The number of methoxy groups -OCH3 is 1. The molecule has 114 valence electrons. The second kappa shape index (κ2) is 7.99. The highest BCUT2D eigenvalue weighted by molar-refractivity contribution is 6.30. The van der Waals surface area contributed by atoms with Gasteiger partial charge >= 0.3 is 0 Å². The number of rotatable bonds is 8. The molecule has 4 heteroatoms. The van der Waals surface area contributed by atoms with Gasteiger partial charge in [0.15, 0.2) is 0 Å². The van der Waals surface area contributed by atoms with Crippen molar-refractivity contribution in [1.29, 1.82) is 0 Å². The highest BCUT2D eigenvalue weighted by atomic mass is 35.5. The fourth-order valence-electron chi connectivity index (χ4n) is 1.90. The molecule has 2 N–H and O–H groups in total. The zero-order valence-electron chi connectivity index (χ0n) is 12.9. The summed E-state index contributed by atoms with van der Waals surface area (Å²) in [6, 6.07) is 7.67. The van der Waals surface area contributed by atoms with Gasteiger partial charge in [-0.05, 0) is 44.4 Å². The molecular weight excluding hydrogens is 274 g/mol. The Balaban J connectivity index is 2.71. The van der Waals surface area contributed by atoms with E-state index in [9.17, 15) is 0 Å². The molecule has 0 amide bonds. The normalized spacial score (nSPS) is 15.1. The maximum absolute atomic E-state index is 6.18. The highest BCUT2D eigenvalue weighted by Crippen LogP contribution is 2.26. The summed E-state index contributed by atoms with van der Waals surface area (Å²) in [5.74, 6) is 0. The summed E-state index contributed by atoms with van der Waals surface area (Å²) in [5.41, 5.74) is 7.03. The first-order valence-corrected chi connectivity index (χ1v) is 7.45. The van der Waals surface area contributed by atoms with Gasteiger partial charge < -0.3 is 15.2 Å². The molecule has 0 saturated heterocycles. The molecule has 0 radical (unpaired) electrons. The van der Waals surface area contributed by atoms with Crippen LogP contribution in [0.2, 0.25) is 5.02 Å². The summed E-state index contributed by atoms with van der Waals surface area (Å²) < 4.78 is 11.4. The smallest absolute Gasteiger partial charge is 0.0976 e. The van der Waals surface area contributed by atoms with Crippen molar-refractivity contribution in [2.24, 2.45) is 5.73 Å². The Labute approximate surface area is 127 Å². The molecule has 0 saturated carbocycles. The van der Waals surface area contributed by atoms with Gasteiger partial charge in [-0.3, -0.25) is 0 Å². The lowest BCUT2D eigenvalue weighted by Gasteiger charge is -2.27. The summed E-state index contributed by atoms with van der Waals surface area (Å²) in [5, 5.41) is 0.705. The Bertz CT molecular complexity index is 409. The summed E-state index contributed by atoms with van der Waals surface area (Å²) in [6.07, 6.45) is 1.54. The first-order chi connectivity index (χ1) is 9.39. The minimum Gasteiger partial charge on any atom is -0.379 e. The van der Waals surface area contributed by atoms with Gasteiger partial charge in [-0.1, -0.05) is 30.7 Å². The van der Waals surface area contributed by atoms with Crippen LogP contribution in [0.5, 0.6) is 0 Å². The number of benzene rings is 1. The molecule has 1 aromatic carbocycles. The molecule has 1 rings (SSSR count). The molecule has 0 spiro atoms. The van der Waals surface area contributed by atoms with E-state index in [2.05, 4.69) is 6.92 Å². The fraction of sp³-hybridized carbons (Fsp3) is 0.625. The van der Waals surface area contributed by atoms with Crippen LogP contribution in [0.3, 0.4) is 0 Å². The number of hydrogen-bond acceptors (Lipinski definition) is 3. The second-order valence-electron chi connectivity index (χ2n) is 5.63. The third kappa shape index (κ3) is 5.41. The maximum Gasteiger partial charge on any atom is 0.0976 e. The maximum atomic E-state index is 6.18. The van der Waals surface area contributed by atoms with E-state index in [-0.39, 0.29) is 17.7 Å². The molecule has 3 nitrogen and oxygen atoms in total. The van der Waals surface area contributed by atoms with Gasteiger partial charge in [-0.25, -0.2) is 0 Å². The quantitative estimate of drug-likeness (QED) is 0.790. The Kier molecular flexibility index (Phi) is 6.96. The van der Waals surface area contributed by atoms with Gasteiger partial charge in [-0.15, -0.1) is 0 Å². The van der Waals surface area contributed by atoms with Crippen LogP contribution >= 0.6 is 11.6 Å². The average molecular weight is 300 g/mol. The third-order valence-electron chi connectivity index (χ3n) is 3.59. The molecule has 0 aliphatic carbocycles. The highest BCUT2D eigenvalue weighted by Gasteiger charge is 2.22. The van der Waals surface area contributed by atoms with E-state index in [1.165, 1.54) is 0 Å². The van der Waals surface area contributed by atoms with Crippen molar-refractivity contribution >= 4 is 11.6 Å². The van der Waals surface area contributed by atoms with Crippen molar-refractivity contribution in [3.63, 3.8) is 0 Å². The van der Waals surface area contributed by atoms with Gasteiger partial charge in [0.2, 0.25) is 0 Å². The van der Waals surface area contributed by atoms with E-state index in [0.717, 1.165) is 18.4 Å². The lowest BCUT2D eigenvalue weighted by molar-refractivity contribution is -0.0332. The molecular formula is C16H26ClNO2. The van der Waals surface area contributed by atoms with Crippen molar-refractivity contribution < 1.29 is 9.47 Å². The molecule has 2 atom stereocenters. The standard InChI is InChI=1S/C16H26ClNO2/c1-5-14(18)15(12-7-6-8-13(17)11-12)20-10-9-16(2,3)19-4/h6-8,11,14-15H,5,9-10,18H2,1-4H3. The number of nitrogens with two attached hydrogens (primary N) is 1. The van der Waals surface area contributed by atoms with Crippen LogP contribution in [0.4, 0.5) is 0 Å². The first kappa shape index (κ1) is 17.4. The Hall–Kier alpha value is -0.610. The van der Waals surface area contributed by atoms with Crippen molar-refractivity contribution in [3.05, 3.63) is 34.9 Å². The molecule has 0 fully saturated rings. The largest absolute Gasteiger partial charge is 0.379 e. The fourth-order valence-corrected chi connectivity index (χ4v) is 2.10. The van der Waals surface area contributed by atoms with Crippen LogP contribution < -0.4 is 5.73 Å². The van der Waals surface area contributed by atoms with Crippen LogP contribution in [0.25, 0.3) is 0 Å². The van der Waals surface area contributed by atoms with E-state index in [1.54, 1.807) is 7.11 Å². The van der Waals surface area contributed by atoms with Crippen LogP contribution in [0, 0.1) is 0 Å². The van der Waals surface area contributed by atoms with Crippen molar-refractivity contribution in [2.75, 3.05) is 13.7 Å². The van der Waals surface area contributed by atoms with Crippen molar-refractivity contribution in [2.45, 2.75) is 51.4 Å². The van der Waals surface area contributed by atoms with Crippen molar-refractivity contribution in [1.82, 2.24) is 0 Å². The van der Waals surface area contributed by atoms with Crippen molar-refractivity contribution in [3.8, 4) is 0 Å². The molecule has 0 aliphatic heterocycles. The van der Waals surface area contributed by atoms with Crippen LogP contribution in [0.1, 0.15) is 45.3 Å². The lowest BCUT2D eigenvalue weighted by Crippen LogP contribution is -2.31. The monoisotopic (exact) mass is 299 g/mol. The first-order valence-electron chi connectivity index (χ1n) is 7.07. The van der Waals surface area contributed by atoms with Gasteiger partial charge in [0.1, 0.15) is 0 Å². The van der Waals surface area contributed by atoms with E-state index in [4.69, 9.17) is 26.8 Å². The number of ether oxygens (including phenoxy) is 2. The Morgan fingerprint density at radius 2 is 2.05 bits per heavy atom. The summed E-state index contributed by atoms with van der Waals surface area (Å²) in [7, 11) is 1.71. The molecule has 20 heavy (non-hydrogen) atoms. The summed E-state index contributed by atoms with van der Waals surface area (Å²) >= 11 is 6.05. The zero-order valence-corrected chi connectivity index (χ0v) is 13.6. The van der Waals surface area contributed by atoms with E-state index in [1.807, 2.05) is 38.1 Å². The molecule has 0 aliphatic rings. The number of halogens is 1. The minimum absolute atomic E-state index is 0.0425. The molecule has 0 bridgehead atoms. The summed E-state index contributed by atoms with van der Waals surface area (Å²) in [4.78, 5) is 0. The SMILES string of the molecule is CCC(N)C(OCCC(C)(C)OC)c1cccc(Cl)c1. The molecule has 2 unspecified atom stereocenters.